The van der Waals surface area contributed by atoms with Gasteiger partial charge in [-0.15, -0.1) is 0 Å². The first-order chi connectivity index (χ1) is 15.2. The van der Waals surface area contributed by atoms with Gasteiger partial charge in [0.25, 0.3) is 0 Å². The number of aliphatic imine (C=N–C) groups is 1. The second kappa shape index (κ2) is 12.2. The van der Waals surface area contributed by atoms with Gasteiger partial charge >= 0.3 is 0 Å². The highest BCUT2D eigenvalue weighted by molar-refractivity contribution is 5.79. The van der Waals surface area contributed by atoms with Crippen LogP contribution in [0.25, 0.3) is 0 Å². The van der Waals surface area contributed by atoms with Gasteiger partial charge in [-0.25, -0.2) is 0 Å². The van der Waals surface area contributed by atoms with Crippen LogP contribution in [0.4, 0.5) is 0 Å². The minimum Gasteiger partial charge on any atom is -0.493 e. The molecule has 2 N–H and O–H groups in total. The van der Waals surface area contributed by atoms with E-state index < -0.39 is 0 Å². The molecule has 1 fully saturated rings. The van der Waals surface area contributed by atoms with Crippen LogP contribution in [-0.2, 0) is 13.0 Å². The third kappa shape index (κ3) is 7.17. The largest absolute Gasteiger partial charge is 0.493 e. The van der Waals surface area contributed by atoms with Crippen LogP contribution in [0.5, 0.6) is 11.5 Å². The fourth-order valence-electron chi connectivity index (χ4n) is 4.00. The van der Waals surface area contributed by atoms with E-state index in [4.69, 9.17) is 9.47 Å². The highest BCUT2D eigenvalue weighted by Crippen LogP contribution is 2.27. The van der Waals surface area contributed by atoms with Gasteiger partial charge in [-0.3, -0.25) is 9.89 Å². The molecule has 1 aliphatic heterocycles. The normalized spacial score (nSPS) is 15.5. The van der Waals surface area contributed by atoms with Gasteiger partial charge in [0.1, 0.15) is 0 Å². The monoisotopic (exact) mass is 424 g/mol. The van der Waals surface area contributed by atoms with Gasteiger partial charge in [0, 0.05) is 39.3 Å². The van der Waals surface area contributed by atoms with Crippen LogP contribution >= 0.6 is 0 Å². The summed E-state index contributed by atoms with van der Waals surface area (Å²) in [5.41, 5.74) is 2.63. The molecular formula is C25H36N4O2. The Hall–Kier alpha value is -2.73. The van der Waals surface area contributed by atoms with E-state index in [1.807, 2.05) is 13.1 Å². The molecule has 0 radical (unpaired) electrons. The van der Waals surface area contributed by atoms with Crippen molar-refractivity contribution in [1.82, 2.24) is 15.5 Å². The number of rotatable bonds is 9. The van der Waals surface area contributed by atoms with Crippen molar-refractivity contribution in [1.29, 1.82) is 0 Å². The van der Waals surface area contributed by atoms with E-state index in [1.165, 1.54) is 11.1 Å². The van der Waals surface area contributed by atoms with Crippen molar-refractivity contribution in [3.8, 4) is 11.5 Å². The van der Waals surface area contributed by atoms with Crippen molar-refractivity contribution in [2.75, 3.05) is 40.9 Å². The molecule has 1 heterocycles. The highest BCUT2D eigenvalue weighted by atomic mass is 16.5. The molecule has 31 heavy (non-hydrogen) atoms. The molecule has 0 bridgehead atoms. The van der Waals surface area contributed by atoms with Gasteiger partial charge in [-0.1, -0.05) is 36.4 Å². The quantitative estimate of drug-likeness (QED) is 0.367. The zero-order valence-electron chi connectivity index (χ0n) is 19.1. The SMILES string of the molecule is CN=C(NCCCc1ccc(OC)c(OC)c1)NC1CCN(Cc2ccccc2)CC1. The summed E-state index contributed by atoms with van der Waals surface area (Å²) >= 11 is 0. The molecule has 0 aliphatic carbocycles. The van der Waals surface area contributed by atoms with Crippen LogP contribution < -0.4 is 20.1 Å². The molecule has 0 amide bonds. The van der Waals surface area contributed by atoms with Gasteiger partial charge < -0.3 is 20.1 Å². The molecule has 2 aromatic rings. The Morgan fingerprint density at radius 2 is 1.74 bits per heavy atom. The topological polar surface area (TPSA) is 58.1 Å². The van der Waals surface area contributed by atoms with Crippen molar-refractivity contribution in [2.24, 2.45) is 4.99 Å². The maximum atomic E-state index is 5.39. The van der Waals surface area contributed by atoms with Crippen LogP contribution in [0, 0.1) is 0 Å². The molecule has 0 spiro atoms. The van der Waals surface area contributed by atoms with E-state index >= 15 is 0 Å². The zero-order chi connectivity index (χ0) is 21.9. The number of hydrogen-bond acceptors (Lipinski definition) is 4. The van der Waals surface area contributed by atoms with Gasteiger partial charge in [-0.2, -0.15) is 0 Å². The summed E-state index contributed by atoms with van der Waals surface area (Å²) in [4.78, 5) is 6.94. The maximum absolute atomic E-state index is 5.39. The minimum absolute atomic E-state index is 0.476. The molecule has 2 aromatic carbocycles. The van der Waals surface area contributed by atoms with E-state index in [2.05, 4.69) is 63.0 Å². The van der Waals surface area contributed by atoms with Crippen LogP contribution in [0.3, 0.4) is 0 Å². The van der Waals surface area contributed by atoms with Crippen molar-refractivity contribution in [3.05, 3.63) is 59.7 Å². The molecule has 0 unspecified atom stereocenters. The van der Waals surface area contributed by atoms with Gasteiger partial charge in [-0.05, 0) is 48.9 Å². The molecule has 1 aliphatic rings. The molecule has 0 aromatic heterocycles. The van der Waals surface area contributed by atoms with Crippen LogP contribution in [0.1, 0.15) is 30.4 Å². The van der Waals surface area contributed by atoms with E-state index in [-0.39, 0.29) is 0 Å². The molecular weight excluding hydrogens is 388 g/mol. The van der Waals surface area contributed by atoms with Crippen molar-refractivity contribution in [2.45, 2.75) is 38.3 Å². The van der Waals surface area contributed by atoms with Crippen molar-refractivity contribution < 1.29 is 9.47 Å². The summed E-state index contributed by atoms with van der Waals surface area (Å²) in [7, 11) is 5.17. The lowest BCUT2D eigenvalue weighted by molar-refractivity contribution is 0.198. The fourth-order valence-corrected chi connectivity index (χ4v) is 4.00. The highest BCUT2D eigenvalue weighted by Gasteiger charge is 2.20. The minimum atomic E-state index is 0.476. The number of benzene rings is 2. The number of nitrogens with zero attached hydrogens (tertiary/aromatic N) is 2. The van der Waals surface area contributed by atoms with E-state index in [0.717, 1.165) is 69.3 Å². The summed E-state index contributed by atoms with van der Waals surface area (Å²) in [6.45, 7) is 4.14. The lowest BCUT2D eigenvalue weighted by atomic mass is 10.0. The number of aryl methyl sites for hydroxylation is 1. The predicted molar refractivity (Wildman–Crippen MR) is 127 cm³/mol. The number of guanidine groups is 1. The Morgan fingerprint density at radius 3 is 2.42 bits per heavy atom. The number of piperidine rings is 1. The Balaban J connectivity index is 1.35. The molecule has 0 atom stereocenters. The number of methoxy groups -OCH3 is 2. The summed E-state index contributed by atoms with van der Waals surface area (Å²) in [6.07, 6.45) is 4.27. The number of ether oxygens (including phenoxy) is 2. The number of hydrogen-bond donors (Lipinski definition) is 2. The third-order valence-electron chi connectivity index (χ3n) is 5.78. The lowest BCUT2D eigenvalue weighted by Gasteiger charge is -2.33. The lowest BCUT2D eigenvalue weighted by Crippen LogP contribution is -2.48. The smallest absolute Gasteiger partial charge is 0.191 e. The van der Waals surface area contributed by atoms with Crippen molar-refractivity contribution >= 4 is 5.96 Å². The Kier molecular flexibility index (Phi) is 9.03. The van der Waals surface area contributed by atoms with Gasteiger partial charge in [0.05, 0.1) is 14.2 Å². The first kappa shape index (κ1) is 22.9. The number of likely N-dealkylation sites (tertiary alicyclic amines) is 1. The van der Waals surface area contributed by atoms with E-state index in [0.29, 0.717) is 6.04 Å². The van der Waals surface area contributed by atoms with Crippen LogP contribution in [-0.4, -0.2) is 57.8 Å². The second-order valence-corrected chi connectivity index (χ2v) is 7.97. The Bertz CT molecular complexity index is 818. The molecule has 1 saturated heterocycles. The van der Waals surface area contributed by atoms with E-state index in [1.54, 1.807) is 14.2 Å². The zero-order valence-corrected chi connectivity index (χ0v) is 19.1. The van der Waals surface area contributed by atoms with E-state index in [9.17, 15) is 0 Å². The Morgan fingerprint density at radius 1 is 1.00 bits per heavy atom. The average molecular weight is 425 g/mol. The summed E-state index contributed by atoms with van der Waals surface area (Å²) in [6, 6.07) is 17.3. The second-order valence-electron chi connectivity index (χ2n) is 7.97. The Labute approximate surface area is 186 Å². The first-order valence-corrected chi connectivity index (χ1v) is 11.2. The molecule has 6 nitrogen and oxygen atoms in total. The molecule has 168 valence electrons. The molecule has 3 rings (SSSR count). The summed E-state index contributed by atoms with van der Waals surface area (Å²) in [5, 5.41) is 7.06. The van der Waals surface area contributed by atoms with Crippen LogP contribution in [0.15, 0.2) is 53.5 Å². The summed E-state index contributed by atoms with van der Waals surface area (Å²) < 4.78 is 10.7. The maximum Gasteiger partial charge on any atom is 0.191 e. The first-order valence-electron chi connectivity index (χ1n) is 11.2. The van der Waals surface area contributed by atoms with Gasteiger partial charge in [0.2, 0.25) is 0 Å². The fraction of sp³-hybridized carbons (Fsp3) is 0.480. The average Bonchev–Trinajstić information content (AvgIpc) is 2.82. The summed E-state index contributed by atoms with van der Waals surface area (Å²) in [5.74, 6) is 2.45. The third-order valence-corrected chi connectivity index (χ3v) is 5.78. The van der Waals surface area contributed by atoms with Gasteiger partial charge in [0.15, 0.2) is 17.5 Å². The molecule has 0 saturated carbocycles. The predicted octanol–water partition coefficient (Wildman–Crippen LogP) is 3.47. The molecule has 6 heteroatoms. The van der Waals surface area contributed by atoms with Crippen LogP contribution in [0.2, 0.25) is 0 Å². The standard InChI is InChI=1S/C25H36N4O2/c1-26-25(27-15-7-10-20-11-12-23(30-2)24(18-20)31-3)28-22-13-16-29(17-14-22)19-21-8-5-4-6-9-21/h4-6,8-9,11-12,18,22H,7,10,13-17,19H2,1-3H3,(H2,26,27,28). The van der Waals surface area contributed by atoms with Crippen molar-refractivity contribution in [3.63, 3.8) is 0 Å². The number of nitrogens with one attached hydrogen (secondary N) is 2.